The molecule has 0 aromatic carbocycles. The highest BCUT2D eigenvalue weighted by Crippen LogP contribution is 2.22. The zero-order chi connectivity index (χ0) is 14.7. The molecule has 110 valence electrons. The Kier molecular flexibility index (Phi) is 4.99. The molecule has 0 aliphatic heterocycles. The van der Waals surface area contributed by atoms with Crippen molar-refractivity contribution in [2.45, 2.75) is 46.3 Å². The molecular formula is C14H22BrN5. The summed E-state index contributed by atoms with van der Waals surface area (Å²) >= 11 is 3.65. The maximum absolute atomic E-state index is 4.51. The fraction of sp³-hybridized carbons (Fsp3) is 0.571. The topological polar surface area (TPSA) is 47.7 Å². The van der Waals surface area contributed by atoms with Gasteiger partial charge in [-0.3, -0.25) is 4.68 Å². The van der Waals surface area contributed by atoms with Crippen molar-refractivity contribution in [2.24, 2.45) is 7.05 Å². The van der Waals surface area contributed by atoms with Gasteiger partial charge in [-0.15, -0.1) is 0 Å². The fourth-order valence-corrected chi connectivity index (χ4v) is 2.80. The minimum absolute atomic E-state index is 0.471. The van der Waals surface area contributed by atoms with Crippen LogP contribution in [0.4, 0.5) is 0 Å². The zero-order valence-corrected chi connectivity index (χ0v) is 14.1. The molecule has 2 heterocycles. The van der Waals surface area contributed by atoms with Crippen LogP contribution in [0.1, 0.15) is 37.9 Å². The normalized spacial score (nSPS) is 11.5. The molecular weight excluding hydrogens is 318 g/mol. The van der Waals surface area contributed by atoms with Crippen molar-refractivity contribution in [2.75, 3.05) is 0 Å². The molecule has 6 heteroatoms. The van der Waals surface area contributed by atoms with Gasteiger partial charge in [-0.1, -0.05) is 20.8 Å². The average molecular weight is 340 g/mol. The highest BCUT2D eigenvalue weighted by atomic mass is 79.9. The maximum Gasteiger partial charge on any atom is 0.0953 e. The summed E-state index contributed by atoms with van der Waals surface area (Å²) in [6, 6.07) is 0.471. The van der Waals surface area contributed by atoms with E-state index in [9.17, 15) is 0 Å². The molecule has 5 nitrogen and oxygen atoms in total. The van der Waals surface area contributed by atoms with E-state index >= 15 is 0 Å². The van der Waals surface area contributed by atoms with E-state index in [2.05, 4.69) is 62.9 Å². The third kappa shape index (κ3) is 3.49. The van der Waals surface area contributed by atoms with Crippen LogP contribution in [0.3, 0.4) is 0 Å². The molecule has 0 saturated carbocycles. The number of nitrogens with zero attached hydrogens (tertiary/aromatic N) is 4. The van der Waals surface area contributed by atoms with Gasteiger partial charge in [0, 0.05) is 25.8 Å². The lowest BCUT2D eigenvalue weighted by atomic mass is 10.3. The first kappa shape index (κ1) is 15.3. The van der Waals surface area contributed by atoms with Crippen LogP contribution in [0.25, 0.3) is 0 Å². The predicted octanol–water partition coefficient (Wildman–Crippen LogP) is 2.49. The zero-order valence-electron chi connectivity index (χ0n) is 12.5. The summed E-state index contributed by atoms with van der Waals surface area (Å²) in [6.45, 7) is 7.96. The van der Waals surface area contributed by atoms with Gasteiger partial charge in [0.1, 0.15) is 0 Å². The van der Waals surface area contributed by atoms with Crippen LogP contribution in [0.5, 0.6) is 0 Å². The highest BCUT2D eigenvalue weighted by Gasteiger charge is 2.13. The minimum Gasteiger partial charge on any atom is -0.331 e. The number of imidazole rings is 1. The Morgan fingerprint density at radius 1 is 1.40 bits per heavy atom. The molecule has 2 aromatic heterocycles. The van der Waals surface area contributed by atoms with Gasteiger partial charge in [0.05, 0.1) is 34.4 Å². The molecule has 0 aliphatic rings. The van der Waals surface area contributed by atoms with Crippen LogP contribution in [0.2, 0.25) is 0 Å². The molecule has 0 atom stereocenters. The van der Waals surface area contributed by atoms with Gasteiger partial charge in [-0.2, -0.15) is 5.10 Å². The maximum atomic E-state index is 4.51. The molecule has 0 bridgehead atoms. The molecule has 1 N–H and O–H groups in total. The van der Waals surface area contributed by atoms with E-state index in [1.54, 1.807) is 0 Å². The molecule has 2 rings (SSSR count). The first-order valence-corrected chi connectivity index (χ1v) is 7.74. The third-order valence-corrected chi connectivity index (χ3v) is 4.13. The smallest absolute Gasteiger partial charge is 0.0953 e. The van der Waals surface area contributed by atoms with Crippen molar-refractivity contribution in [3.05, 3.63) is 34.1 Å². The molecule has 0 amide bonds. The van der Waals surface area contributed by atoms with E-state index in [1.165, 1.54) is 5.69 Å². The van der Waals surface area contributed by atoms with Gasteiger partial charge < -0.3 is 9.88 Å². The summed E-state index contributed by atoms with van der Waals surface area (Å²) in [5, 5.41) is 7.89. The standard InChI is InChI=1S/C14H22BrN5/c1-5-12-14(15)13(19(4)18-12)8-20-7-11(17-9-20)6-16-10(2)3/h7,9-10,16H,5-6,8H2,1-4H3. The Morgan fingerprint density at radius 2 is 2.15 bits per heavy atom. The molecule has 0 spiro atoms. The van der Waals surface area contributed by atoms with Crippen molar-refractivity contribution < 1.29 is 0 Å². The van der Waals surface area contributed by atoms with Crippen molar-refractivity contribution in [1.82, 2.24) is 24.6 Å². The number of nitrogens with one attached hydrogen (secondary N) is 1. The monoisotopic (exact) mass is 339 g/mol. The summed E-state index contributed by atoms with van der Waals surface area (Å²) in [5.74, 6) is 0. The van der Waals surface area contributed by atoms with Gasteiger partial charge in [-0.25, -0.2) is 4.98 Å². The average Bonchev–Trinajstić information content (AvgIpc) is 2.96. The van der Waals surface area contributed by atoms with Crippen LogP contribution in [-0.4, -0.2) is 25.4 Å². The predicted molar refractivity (Wildman–Crippen MR) is 83.6 cm³/mol. The lowest BCUT2D eigenvalue weighted by Gasteiger charge is -2.05. The van der Waals surface area contributed by atoms with Crippen molar-refractivity contribution in [3.63, 3.8) is 0 Å². The molecule has 2 aromatic rings. The van der Waals surface area contributed by atoms with E-state index in [4.69, 9.17) is 0 Å². The SMILES string of the molecule is CCc1nn(C)c(Cn2cnc(CNC(C)C)c2)c1Br. The van der Waals surface area contributed by atoms with Gasteiger partial charge >= 0.3 is 0 Å². The summed E-state index contributed by atoms with van der Waals surface area (Å²) in [7, 11) is 1.98. The van der Waals surface area contributed by atoms with Crippen LogP contribution < -0.4 is 5.32 Å². The van der Waals surface area contributed by atoms with Crippen molar-refractivity contribution >= 4 is 15.9 Å². The van der Waals surface area contributed by atoms with Gasteiger partial charge in [-0.05, 0) is 22.4 Å². The Balaban J connectivity index is 2.09. The highest BCUT2D eigenvalue weighted by molar-refractivity contribution is 9.10. The number of hydrogen-bond acceptors (Lipinski definition) is 3. The number of halogens is 1. The molecule has 20 heavy (non-hydrogen) atoms. The molecule has 0 aliphatic carbocycles. The second-order valence-corrected chi connectivity index (χ2v) is 6.05. The van der Waals surface area contributed by atoms with E-state index in [0.29, 0.717) is 6.04 Å². The second-order valence-electron chi connectivity index (χ2n) is 5.26. The van der Waals surface area contributed by atoms with Crippen LogP contribution in [0, 0.1) is 0 Å². The van der Waals surface area contributed by atoms with E-state index in [1.807, 2.05) is 18.1 Å². The minimum atomic E-state index is 0.471. The second kappa shape index (κ2) is 6.54. The molecule has 0 fully saturated rings. The molecule has 0 radical (unpaired) electrons. The Hall–Kier alpha value is -1.14. The van der Waals surface area contributed by atoms with Gasteiger partial charge in [0.2, 0.25) is 0 Å². The third-order valence-electron chi connectivity index (χ3n) is 3.21. The summed E-state index contributed by atoms with van der Waals surface area (Å²) < 4.78 is 5.14. The lowest BCUT2D eigenvalue weighted by Crippen LogP contribution is -2.21. The number of rotatable bonds is 6. The fourth-order valence-electron chi connectivity index (χ4n) is 2.06. The largest absolute Gasteiger partial charge is 0.331 e. The molecule has 0 unspecified atom stereocenters. The van der Waals surface area contributed by atoms with E-state index < -0.39 is 0 Å². The Labute approximate surface area is 128 Å². The van der Waals surface area contributed by atoms with E-state index in [0.717, 1.165) is 35.4 Å². The van der Waals surface area contributed by atoms with Crippen molar-refractivity contribution in [1.29, 1.82) is 0 Å². The number of aryl methyl sites for hydroxylation is 2. The van der Waals surface area contributed by atoms with Crippen LogP contribution in [0.15, 0.2) is 17.0 Å². The molecule has 0 saturated heterocycles. The van der Waals surface area contributed by atoms with Gasteiger partial charge in [0.25, 0.3) is 0 Å². The Morgan fingerprint density at radius 3 is 2.75 bits per heavy atom. The van der Waals surface area contributed by atoms with Gasteiger partial charge in [0.15, 0.2) is 0 Å². The summed E-state index contributed by atoms with van der Waals surface area (Å²) in [5.41, 5.74) is 3.33. The van der Waals surface area contributed by atoms with Crippen molar-refractivity contribution in [3.8, 4) is 0 Å². The quantitative estimate of drug-likeness (QED) is 0.879. The summed E-state index contributed by atoms with van der Waals surface area (Å²) in [4.78, 5) is 4.43. The van der Waals surface area contributed by atoms with Crippen LogP contribution >= 0.6 is 15.9 Å². The van der Waals surface area contributed by atoms with E-state index in [-0.39, 0.29) is 0 Å². The Bertz CT molecular complexity index is 570. The lowest BCUT2D eigenvalue weighted by molar-refractivity contribution is 0.582. The van der Waals surface area contributed by atoms with Crippen LogP contribution in [-0.2, 0) is 26.6 Å². The summed E-state index contributed by atoms with van der Waals surface area (Å²) in [6.07, 6.45) is 4.89. The number of aromatic nitrogens is 4. The first-order valence-electron chi connectivity index (χ1n) is 6.95. The number of hydrogen-bond donors (Lipinski definition) is 1. The first-order chi connectivity index (χ1) is 9.51.